The third-order valence-electron chi connectivity index (χ3n) is 6.04. The monoisotopic (exact) mass is 316 g/mol. The van der Waals surface area contributed by atoms with E-state index in [2.05, 4.69) is 25.9 Å². The Morgan fingerprint density at radius 3 is 2.70 bits per heavy atom. The highest BCUT2D eigenvalue weighted by atomic mass is 16.7. The Morgan fingerprint density at radius 1 is 1.39 bits per heavy atom. The van der Waals surface area contributed by atoms with Crippen molar-refractivity contribution in [2.24, 2.45) is 21.9 Å². The molecule has 2 aliphatic carbocycles. The van der Waals surface area contributed by atoms with Gasteiger partial charge in [-0.05, 0) is 36.7 Å². The van der Waals surface area contributed by atoms with Crippen LogP contribution in [0.5, 0.6) is 0 Å². The van der Waals surface area contributed by atoms with Crippen molar-refractivity contribution in [3.8, 4) is 0 Å². The summed E-state index contributed by atoms with van der Waals surface area (Å²) in [7, 11) is 0. The molecule has 0 radical (unpaired) electrons. The third-order valence-corrected chi connectivity index (χ3v) is 6.04. The first-order valence-electron chi connectivity index (χ1n) is 7.79. The van der Waals surface area contributed by atoms with Gasteiger partial charge in [-0.3, -0.25) is 10.1 Å². The van der Waals surface area contributed by atoms with Crippen LogP contribution in [-0.2, 0) is 4.84 Å². The molecule has 2 fully saturated rings. The van der Waals surface area contributed by atoms with Crippen molar-refractivity contribution in [1.82, 2.24) is 0 Å². The zero-order chi connectivity index (χ0) is 16.8. The number of nitro benzene ring substituents is 1. The van der Waals surface area contributed by atoms with Crippen molar-refractivity contribution in [3.63, 3.8) is 0 Å². The van der Waals surface area contributed by atoms with Gasteiger partial charge in [0.05, 0.1) is 16.2 Å². The number of non-ortho nitro benzene ring substituents is 1. The van der Waals surface area contributed by atoms with Gasteiger partial charge in [0, 0.05) is 17.5 Å². The molecule has 0 heterocycles. The molecular formula is C17H20N2O4. The molecule has 122 valence electrons. The van der Waals surface area contributed by atoms with Crippen molar-refractivity contribution in [1.29, 1.82) is 0 Å². The number of nitrogens with zero attached hydrogens (tertiary/aromatic N) is 2. The molecule has 0 N–H and O–H groups in total. The van der Waals surface area contributed by atoms with Crippen molar-refractivity contribution in [2.45, 2.75) is 40.0 Å². The van der Waals surface area contributed by atoms with Gasteiger partial charge in [-0.15, -0.1) is 0 Å². The fourth-order valence-corrected chi connectivity index (χ4v) is 3.96. The maximum absolute atomic E-state index is 12.1. The molecule has 6 nitrogen and oxygen atoms in total. The average Bonchev–Trinajstić information content (AvgIpc) is 2.85. The van der Waals surface area contributed by atoms with E-state index < -0.39 is 10.9 Å². The number of oxime groups is 1. The van der Waals surface area contributed by atoms with E-state index >= 15 is 0 Å². The van der Waals surface area contributed by atoms with Crippen LogP contribution in [0.3, 0.4) is 0 Å². The normalized spacial score (nSPS) is 29.7. The van der Waals surface area contributed by atoms with E-state index in [-0.39, 0.29) is 22.1 Å². The highest BCUT2D eigenvalue weighted by molar-refractivity contribution is 5.95. The molecule has 0 spiro atoms. The van der Waals surface area contributed by atoms with Crippen LogP contribution in [0.15, 0.2) is 29.4 Å². The molecule has 2 atom stereocenters. The number of carbonyl (C=O) groups is 1. The second-order valence-corrected chi connectivity index (χ2v) is 7.22. The molecule has 6 heteroatoms. The molecule has 2 bridgehead atoms. The third kappa shape index (κ3) is 2.33. The van der Waals surface area contributed by atoms with Crippen LogP contribution in [0.4, 0.5) is 5.69 Å². The van der Waals surface area contributed by atoms with E-state index in [4.69, 9.17) is 4.84 Å². The van der Waals surface area contributed by atoms with Crippen molar-refractivity contribution < 1.29 is 14.6 Å². The lowest BCUT2D eigenvalue weighted by Gasteiger charge is -2.34. The largest absolute Gasteiger partial charge is 0.365 e. The number of hydrogen-bond donors (Lipinski definition) is 0. The lowest BCUT2D eigenvalue weighted by Crippen LogP contribution is -2.32. The van der Waals surface area contributed by atoms with Gasteiger partial charge >= 0.3 is 5.97 Å². The van der Waals surface area contributed by atoms with E-state index in [1.807, 2.05) is 0 Å². The molecule has 0 unspecified atom stereocenters. The van der Waals surface area contributed by atoms with Crippen LogP contribution in [0.1, 0.15) is 50.4 Å². The summed E-state index contributed by atoms with van der Waals surface area (Å²) < 4.78 is 0. The van der Waals surface area contributed by atoms with Crippen molar-refractivity contribution in [2.75, 3.05) is 0 Å². The maximum atomic E-state index is 12.1. The van der Waals surface area contributed by atoms with E-state index in [0.717, 1.165) is 18.6 Å². The number of fused-ring (bicyclic) bond motifs is 2. The predicted molar refractivity (Wildman–Crippen MR) is 85.2 cm³/mol. The Labute approximate surface area is 134 Å². The first-order valence-corrected chi connectivity index (χ1v) is 7.79. The summed E-state index contributed by atoms with van der Waals surface area (Å²) in [6, 6.07) is 5.49. The second-order valence-electron chi connectivity index (χ2n) is 7.22. The summed E-state index contributed by atoms with van der Waals surface area (Å²) in [6.07, 6.45) is 3.09. The summed E-state index contributed by atoms with van der Waals surface area (Å²) in [5.41, 5.74) is 1.04. The molecule has 2 aliphatic rings. The lowest BCUT2D eigenvalue weighted by molar-refractivity contribution is -0.384. The van der Waals surface area contributed by atoms with Gasteiger partial charge in [0.15, 0.2) is 0 Å². The lowest BCUT2D eigenvalue weighted by atomic mass is 9.70. The van der Waals surface area contributed by atoms with Crippen LogP contribution >= 0.6 is 0 Å². The second kappa shape index (κ2) is 5.15. The fourth-order valence-electron chi connectivity index (χ4n) is 3.96. The Bertz CT molecular complexity index is 710. The number of benzene rings is 1. The first-order chi connectivity index (χ1) is 10.8. The topological polar surface area (TPSA) is 81.8 Å². The summed E-state index contributed by atoms with van der Waals surface area (Å²) in [5, 5.41) is 14.9. The van der Waals surface area contributed by atoms with Gasteiger partial charge in [0.25, 0.3) is 5.69 Å². The molecule has 23 heavy (non-hydrogen) atoms. The smallest absolute Gasteiger partial charge is 0.313 e. The quantitative estimate of drug-likeness (QED) is 0.480. The average molecular weight is 316 g/mol. The maximum Gasteiger partial charge on any atom is 0.365 e. The number of nitro groups is 1. The Morgan fingerprint density at radius 2 is 2.13 bits per heavy atom. The van der Waals surface area contributed by atoms with Crippen LogP contribution in [0, 0.1) is 26.9 Å². The van der Waals surface area contributed by atoms with Crippen LogP contribution in [-0.4, -0.2) is 16.6 Å². The van der Waals surface area contributed by atoms with Gasteiger partial charge in [0.2, 0.25) is 0 Å². The summed E-state index contributed by atoms with van der Waals surface area (Å²) in [6.45, 7) is 6.67. The molecule has 0 amide bonds. The molecule has 3 rings (SSSR count). The highest BCUT2D eigenvalue weighted by Crippen LogP contribution is 2.63. The van der Waals surface area contributed by atoms with Gasteiger partial charge < -0.3 is 4.84 Å². The minimum absolute atomic E-state index is 0.0410. The SMILES string of the molecule is CC1(C)[C@H]2CC[C@@]1(C)/C(=N\OC(=O)c1cccc([N+](=O)[O-])c1)C2. The van der Waals surface area contributed by atoms with Crippen LogP contribution in [0.25, 0.3) is 0 Å². The van der Waals surface area contributed by atoms with Crippen LogP contribution in [0.2, 0.25) is 0 Å². The number of carbonyl (C=O) groups excluding carboxylic acids is 1. The van der Waals surface area contributed by atoms with Crippen molar-refractivity contribution in [3.05, 3.63) is 39.9 Å². The van der Waals surface area contributed by atoms with E-state index in [0.29, 0.717) is 5.92 Å². The van der Waals surface area contributed by atoms with Crippen LogP contribution < -0.4 is 0 Å². The Hall–Kier alpha value is -2.24. The van der Waals surface area contributed by atoms with Gasteiger partial charge in [-0.1, -0.05) is 32.0 Å². The molecule has 1 aromatic carbocycles. The minimum Gasteiger partial charge on any atom is -0.313 e. The minimum atomic E-state index is -0.662. The first kappa shape index (κ1) is 15.6. The highest BCUT2D eigenvalue weighted by Gasteiger charge is 2.60. The Kier molecular flexibility index (Phi) is 3.50. The zero-order valence-corrected chi connectivity index (χ0v) is 13.5. The summed E-state index contributed by atoms with van der Waals surface area (Å²) in [4.78, 5) is 27.4. The van der Waals surface area contributed by atoms with Crippen molar-refractivity contribution >= 4 is 17.4 Å². The van der Waals surface area contributed by atoms with E-state index in [9.17, 15) is 14.9 Å². The van der Waals surface area contributed by atoms with Gasteiger partial charge in [0.1, 0.15) is 0 Å². The number of rotatable bonds is 3. The number of hydrogen-bond acceptors (Lipinski definition) is 5. The molecule has 0 aliphatic heterocycles. The standard InChI is InChI=1S/C17H20N2O4/c1-16(2)12-7-8-17(16,3)14(10-12)18-23-15(20)11-5-4-6-13(9-11)19(21)22/h4-6,9,12H,7-8,10H2,1-3H3/b18-14-/t12-,17-/m0/s1. The Balaban J connectivity index is 1.78. The van der Waals surface area contributed by atoms with E-state index in [1.54, 1.807) is 0 Å². The molecule has 0 saturated heterocycles. The fraction of sp³-hybridized carbons (Fsp3) is 0.529. The predicted octanol–water partition coefficient (Wildman–Crippen LogP) is 3.95. The zero-order valence-electron chi connectivity index (χ0n) is 13.5. The van der Waals surface area contributed by atoms with Gasteiger partial charge in [-0.2, -0.15) is 0 Å². The molecule has 2 saturated carbocycles. The van der Waals surface area contributed by atoms with E-state index in [1.165, 1.54) is 30.7 Å². The summed E-state index contributed by atoms with van der Waals surface area (Å²) >= 11 is 0. The molecule has 0 aromatic heterocycles. The molecule has 1 aromatic rings. The molecular weight excluding hydrogens is 296 g/mol. The van der Waals surface area contributed by atoms with Gasteiger partial charge in [-0.25, -0.2) is 4.79 Å². The summed E-state index contributed by atoms with van der Waals surface area (Å²) in [5.74, 6) is -0.0897.